The van der Waals surface area contributed by atoms with Gasteiger partial charge in [0.2, 0.25) is 0 Å². The Kier molecular flexibility index (Phi) is 6.29. The fraction of sp³-hybridized carbons (Fsp3) is 0.167. The van der Waals surface area contributed by atoms with Crippen LogP contribution in [-0.4, -0.2) is 37.9 Å². The summed E-state index contributed by atoms with van der Waals surface area (Å²) in [6.07, 6.45) is 0. The Bertz CT molecular complexity index is 997. The average molecular weight is 389 g/mol. The third-order valence-corrected chi connectivity index (χ3v) is 4.65. The van der Waals surface area contributed by atoms with Crippen LogP contribution in [0.3, 0.4) is 0 Å². The van der Waals surface area contributed by atoms with Crippen molar-refractivity contribution < 1.29 is 19.1 Å². The standard InChI is InChI=1S/C24H23NO4/c1-25(16-17-7-5-4-6-8-17)24(27)19-11-9-18(10-12-19)23(26)21-15-20(28-2)13-14-22(21)29-3/h4-15H,16H2,1-3H3. The molecule has 0 radical (unpaired) electrons. The number of carbonyl (C=O) groups is 2. The number of methoxy groups -OCH3 is 2. The molecule has 5 nitrogen and oxygen atoms in total. The van der Waals surface area contributed by atoms with Crippen molar-refractivity contribution in [3.63, 3.8) is 0 Å². The maximum atomic E-state index is 12.9. The first-order valence-corrected chi connectivity index (χ1v) is 9.19. The van der Waals surface area contributed by atoms with Crippen molar-refractivity contribution in [1.29, 1.82) is 0 Å². The summed E-state index contributed by atoms with van der Waals surface area (Å²) in [4.78, 5) is 27.3. The van der Waals surface area contributed by atoms with Crippen molar-refractivity contribution in [2.24, 2.45) is 0 Å². The summed E-state index contributed by atoms with van der Waals surface area (Å²) in [6, 6.07) is 21.5. The Morgan fingerprint density at radius 2 is 1.48 bits per heavy atom. The van der Waals surface area contributed by atoms with E-state index >= 15 is 0 Å². The number of hydrogen-bond donors (Lipinski definition) is 0. The predicted octanol–water partition coefficient (Wildman–Crippen LogP) is 4.21. The van der Waals surface area contributed by atoms with E-state index in [1.807, 2.05) is 30.3 Å². The van der Waals surface area contributed by atoms with Gasteiger partial charge in [-0.3, -0.25) is 9.59 Å². The molecule has 0 unspecified atom stereocenters. The Morgan fingerprint density at radius 1 is 0.828 bits per heavy atom. The van der Waals surface area contributed by atoms with Crippen LogP contribution in [0.25, 0.3) is 0 Å². The van der Waals surface area contributed by atoms with Gasteiger partial charge in [0.05, 0.1) is 19.8 Å². The summed E-state index contributed by atoms with van der Waals surface area (Å²) in [5, 5.41) is 0. The first-order chi connectivity index (χ1) is 14.0. The fourth-order valence-corrected chi connectivity index (χ4v) is 3.06. The molecule has 3 aromatic rings. The number of rotatable bonds is 7. The fourth-order valence-electron chi connectivity index (χ4n) is 3.06. The highest BCUT2D eigenvalue weighted by Gasteiger charge is 2.17. The normalized spacial score (nSPS) is 10.3. The Hall–Kier alpha value is -3.60. The Morgan fingerprint density at radius 3 is 2.10 bits per heavy atom. The highest BCUT2D eigenvalue weighted by molar-refractivity contribution is 6.11. The van der Waals surface area contributed by atoms with Crippen LogP contribution in [-0.2, 0) is 6.54 Å². The predicted molar refractivity (Wildman–Crippen MR) is 112 cm³/mol. The molecule has 5 heteroatoms. The smallest absolute Gasteiger partial charge is 0.253 e. The summed E-state index contributed by atoms with van der Waals surface area (Å²) in [5.74, 6) is 0.742. The Labute approximate surface area is 170 Å². The topological polar surface area (TPSA) is 55.8 Å². The lowest BCUT2D eigenvalue weighted by atomic mass is 10.0. The van der Waals surface area contributed by atoms with Crippen LogP contribution in [0.4, 0.5) is 0 Å². The van der Waals surface area contributed by atoms with E-state index < -0.39 is 0 Å². The molecule has 3 aromatic carbocycles. The van der Waals surface area contributed by atoms with E-state index in [2.05, 4.69) is 0 Å². The van der Waals surface area contributed by atoms with Crippen molar-refractivity contribution in [2.75, 3.05) is 21.3 Å². The lowest BCUT2D eigenvalue weighted by molar-refractivity contribution is 0.0784. The maximum Gasteiger partial charge on any atom is 0.253 e. The zero-order valence-electron chi connectivity index (χ0n) is 16.7. The quantitative estimate of drug-likeness (QED) is 0.568. The molecule has 0 fully saturated rings. The molecule has 0 aliphatic rings. The van der Waals surface area contributed by atoms with Gasteiger partial charge in [0.25, 0.3) is 5.91 Å². The van der Waals surface area contributed by atoms with Crippen LogP contribution in [0, 0.1) is 0 Å². The molecule has 0 bridgehead atoms. The summed E-state index contributed by atoms with van der Waals surface area (Å²) in [5.41, 5.74) is 2.46. The molecule has 0 heterocycles. The van der Waals surface area contributed by atoms with E-state index in [4.69, 9.17) is 9.47 Å². The molecule has 0 saturated heterocycles. The summed E-state index contributed by atoms with van der Waals surface area (Å²) >= 11 is 0. The van der Waals surface area contributed by atoms with E-state index in [1.165, 1.54) is 7.11 Å². The summed E-state index contributed by atoms with van der Waals surface area (Å²) in [6.45, 7) is 0.515. The number of carbonyl (C=O) groups excluding carboxylic acids is 2. The number of ether oxygens (including phenoxy) is 2. The van der Waals surface area contributed by atoms with Gasteiger partial charge in [-0.2, -0.15) is 0 Å². The van der Waals surface area contributed by atoms with Gasteiger partial charge in [0, 0.05) is 24.7 Å². The van der Waals surface area contributed by atoms with E-state index in [0.29, 0.717) is 34.7 Å². The lowest BCUT2D eigenvalue weighted by Crippen LogP contribution is -2.26. The van der Waals surface area contributed by atoms with Gasteiger partial charge >= 0.3 is 0 Å². The van der Waals surface area contributed by atoms with Gasteiger partial charge in [-0.1, -0.05) is 42.5 Å². The van der Waals surface area contributed by atoms with Gasteiger partial charge in [-0.25, -0.2) is 0 Å². The van der Waals surface area contributed by atoms with Crippen LogP contribution >= 0.6 is 0 Å². The van der Waals surface area contributed by atoms with Crippen LogP contribution in [0.5, 0.6) is 11.5 Å². The third kappa shape index (κ3) is 4.63. The first kappa shape index (κ1) is 20.1. The Balaban J connectivity index is 1.77. The monoisotopic (exact) mass is 389 g/mol. The average Bonchev–Trinajstić information content (AvgIpc) is 2.78. The van der Waals surface area contributed by atoms with Crippen LogP contribution in [0.15, 0.2) is 72.8 Å². The first-order valence-electron chi connectivity index (χ1n) is 9.19. The molecule has 0 aliphatic heterocycles. The van der Waals surface area contributed by atoms with Crippen LogP contribution in [0.2, 0.25) is 0 Å². The van der Waals surface area contributed by atoms with Crippen molar-refractivity contribution in [1.82, 2.24) is 4.90 Å². The molecule has 0 aromatic heterocycles. The van der Waals surface area contributed by atoms with E-state index in [1.54, 1.807) is 61.5 Å². The maximum absolute atomic E-state index is 12.9. The number of nitrogens with zero attached hydrogens (tertiary/aromatic N) is 1. The minimum absolute atomic E-state index is 0.105. The minimum atomic E-state index is -0.197. The zero-order valence-corrected chi connectivity index (χ0v) is 16.7. The van der Waals surface area contributed by atoms with Crippen LogP contribution in [0.1, 0.15) is 31.8 Å². The largest absolute Gasteiger partial charge is 0.497 e. The lowest BCUT2D eigenvalue weighted by Gasteiger charge is -2.17. The third-order valence-electron chi connectivity index (χ3n) is 4.65. The van der Waals surface area contributed by atoms with Crippen LogP contribution < -0.4 is 9.47 Å². The van der Waals surface area contributed by atoms with Crippen molar-refractivity contribution >= 4 is 11.7 Å². The number of benzene rings is 3. The van der Waals surface area contributed by atoms with Gasteiger partial charge in [-0.05, 0) is 35.9 Å². The second-order valence-corrected chi connectivity index (χ2v) is 6.62. The molecule has 0 saturated carbocycles. The SMILES string of the molecule is COc1ccc(OC)c(C(=O)c2ccc(C(=O)N(C)Cc3ccccc3)cc2)c1. The minimum Gasteiger partial charge on any atom is -0.497 e. The molecule has 0 N–H and O–H groups in total. The van der Waals surface area contributed by atoms with E-state index in [-0.39, 0.29) is 11.7 Å². The van der Waals surface area contributed by atoms with Crippen molar-refractivity contribution in [3.05, 3.63) is 95.1 Å². The summed E-state index contributed by atoms with van der Waals surface area (Å²) < 4.78 is 10.5. The molecule has 1 amide bonds. The van der Waals surface area contributed by atoms with Gasteiger partial charge in [-0.15, -0.1) is 0 Å². The molecular formula is C24H23NO4. The van der Waals surface area contributed by atoms with Gasteiger partial charge in [0.15, 0.2) is 5.78 Å². The van der Waals surface area contributed by atoms with E-state index in [0.717, 1.165) is 5.56 Å². The molecular weight excluding hydrogens is 366 g/mol. The molecule has 0 atom stereocenters. The number of amides is 1. The number of hydrogen-bond acceptors (Lipinski definition) is 4. The number of ketones is 1. The molecule has 29 heavy (non-hydrogen) atoms. The highest BCUT2D eigenvalue weighted by Crippen LogP contribution is 2.26. The highest BCUT2D eigenvalue weighted by atomic mass is 16.5. The second kappa shape index (κ2) is 9.06. The molecule has 3 rings (SSSR count). The molecule has 0 aliphatic carbocycles. The van der Waals surface area contributed by atoms with Crippen molar-refractivity contribution in [3.8, 4) is 11.5 Å². The second-order valence-electron chi connectivity index (χ2n) is 6.62. The van der Waals surface area contributed by atoms with Gasteiger partial charge < -0.3 is 14.4 Å². The van der Waals surface area contributed by atoms with Crippen molar-refractivity contribution in [2.45, 2.75) is 6.54 Å². The van der Waals surface area contributed by atoms with Gasteiger partial charge in [0.1, 0.15) is 11.5 Å². The molecule has 148 valence electrons. The summed E-state index contributed by atoms with van der Waals surface area (Å²) in [7, 11) is 4.82. The molecule has 0 spiro atoms. The zero-order chi connectivity index (χ0) is 20.8. The van der Waals surface area contributed by atoms with E-state index in [9.17, 15) is 9.59 Å².